The fraction of sp³-hybridized carbons (Fsp3) is 0.440. The number of allylic oxidation sites excluding steroid dienone is 1. The first-order valence-electron chi connectivity index (χ1n) is 11.3. The minimum Gasteiger partial charge on any atom is -0.490 e. The third-order valence-electron chi connectivity index (χ3n) is 6.00. The van der Waals surface area contributed by atoms with Crippen molar-refractivity contribution in [1.82, 2.24) is 4.57 Å². The van der Waals surface area contributed by atoms with E-state index in [1.807, 2.05) is 32.9 Å². The maximum absolute atomic E-state index is 13.8. The van der Waals surface area contributed by atoms with Gasteiger partial charge in [-0.05, 0) is 51.3 Å². The van der Waals surface area contributed by atoms with Crippen LogP contribution in [0, 0.1) is 18.3 Å². The highest BCUT2D eigenvalue weighted by molar-refractivity contribution is 5.57. The first-order chi connectivity index (χ1) is 16.0. The van der Waals surface area contributed by atoms with Gasteiger partial charge in [-0.2, -0.15) is 5.26 Å². The van der Waals surface area contributed by atoms with E-state index in [2.05, 4.69) is 6.07 Å². The summed E-state index contributed by atoms with van der Waals surface area (Å²) in [6.45, 7) is 7.75. The van der Waals surface area contributed by atoms with Crippen LogP contribution in [0.1, 0.15) is 49.4 Å². The van der Waals surface area contributed by atoms with Gasteiger partial charge in [0.05, 0.1) is 37.3 Å². The molecule has 1 aromatic carbocycles. The van der Waals surface area contributed by atoms with Gasteiger partial charge in [0, 0.05) is 18.4 Å². The van der Waals surface area contributed by atoms with E-state index in [1.54, 1.807) is 16.7 Å². The predicted molar refractivity (Wildman–Crippen MR) is 122 cm³/mol. The Morgan fingerprint density at radius 3 is 2.64 bits per heavy atom. The van der Waals surface area contributed by atoms with E-state index >= 15 is 0 Å². The summed E-state index contributed by atoms with van der Waals surface area (Å²) in [5, 5.41) is 9.92. The summed E-state index contributed by atoms with van der Waals surface area (Å²) >= 11 is 0. The lowest BCUT2D eigenvalue weighted by atomic mass is 9.83. The summed E-state index contributed by atoms with van der Waals surface area (Å²) in [7, 11) is 0. The van der Waals surface area contributed by atoms with Gasteiger partial charge in [-0.3, -0.25) is 4.79 Å². The zero-order valence-corrected chi connectivity index (χ0v) is 19.2. The average molecular weight is 452 g/mol. The van der Waals surface area contributed by atoms with Crippen molar-refractivity contribution in [2.45, 2.75) is 52.2 Å². The molecule has 0 spiro atoms. The predicted octanol–water partition coefficient (Wildman–Crippen LogP) is 3.35. The van der Waals surface area contributed by atoms with Crippen molar-refractivity contribution in [2.75, 3.05) is 19.8 Å². The molecule has 33 heavy (non-hydrogen) atoms. The molecule has 2 aliphatic heterocycles. The Bertz CT molecular complexity index is 1170. The summed E-state index contributed by atoms with van der Waals surface area (Å²) in [6.07, 6.45) is 1.89. The zero-order chi connectivity index (χ0) is 23.5. The quantitative estimate of drug-likeness (QED) is 0.688. The van der Waals surface area contributed by atoms with Crippen LogP contribution in [0.25, 0.3) is 0 Å². The molecule has 8 nitrogen and oxygen atoms in total. The highest BCUT2D eigenvalue weighted by atomic mass is 16.5. The van der Waals surface area contributed by atoms with Gasteiger partial charge < -0.3 is 29.2 Å². The van der Waals surface area contributed by atoms with Crippen molar-refractivity contribution in [3.63, 3.8) is 0 Å². The number of benzene rings is 1. The lowest BCUT2D eigenvalue weighted by Gasteiger charge is -2.28. The first-order valence-corrected chi connectivity index (χ1v) is 11.3. The summed E-state index contributed by atoms with van der Waals surface area (Å²) in [5.74, 6) is 0.836. The van der Waals surface area contributed by atoms with Crippen LogP contribution < -0.4 is 25.5 Å². The number of nitrogens with two attached hydrogens (primary N) is 1. The molecule has 1 aromatic heterocycles. The van der Waals surface area contributed by atoms with Crippen LogP contribution in [0.4, 0.5) is 0 Å². The molecule has 2 aliphatic rings. The maximum atomic E-state index is 13.8. The number of pyridine rings is 1. The van der Waals surface area contributed by atoms with Gasteiger partial charge in [-0.15, -0.1) is 0 Å². The lowest BCUT2D eigenvalue weighted by molar-refractivity contribution is 0.0955. The number of nitriles is 1. The lowest BCUT2D eigenvalue weighted by Crippen LogP contribution is -2.35. The second kappa shape index (κ2) is 9.59. The van der Waals surface area contributed by atoms with Crippen LogP contribution in [-0.4, -0.2) is 30.5 Å². The monoisotopic (exact) mass is 451 g/mol. The molecule has 0 radical (unpaired) electrons. The second-order valence-corrected chi connectivity index (χ2v) is 8.11. The number of aromatic nitrogens is 1. The average Bonchev–Trinajstić information content (AvgIpc) is 3.30. The zero-order valence-electron chi connectivity index (χ0n) is 19.2. The van der Waals surface area contributed by atoms with Crippen LogP contribution in [0.15, 0.2) is 40.5 Å². The normalized spacial score (nSPS) is 19.6. The molecule has 2 N–H and O–H groups in total. The number of aryl methyl sites for hydroxylation is 1. The Kier molecular flexibility index (Phi) is 6.61. The van der Waals surface area contributed by atoms with Crippen LogP contribution in [-0.2, 0) is 11.3 Å². The third-order valence-corrected chi connectivity index (χ3v) is 6.00. The molecule has 8 heteroatoms. The summed E-state index contributed by atoms with van der Waals surface area (Å²) in [6, 6.07) is 9.39. The molecular formula is C25H29N3O5. The van der Waals surface area contributed by atoms with Gasteiger partial charge >= 0.3 is 0 Å². The van der Waals surface area contributed by atoms with Crippen molar-refractivity contribution in [3.05, 3.63) is 62.9 Å². The summed E-state index contributed by atoms with van der Waals surface area (Å²) in [4.78, 5) is 13.8. The molecule has 3 heterocycles. The highest BCUT2D eigenvalue weighted by Gasteiger charge is 2.35. The minimum absolute atomic E-state index is 0.00230. The van der Waals surface area contributed by atoms with Crippen LogP contribution >= 0.6 is 0 Å². The van der Waals surface area contributed by atoms with Gasteiger partial charge in [-0.25, -0.2) is 0 Å². The van der Waals surface area contributed by atoms with Crippen LogP contribution in [0.5, 0.6) is 17.2 Å². The van der Waals surface area contributed by atoms with Crippen molar-refractivity contribution in [2.24, 2.45) is 5.73 Å². The van der Waals surface area contributed by atoms with Gasteiger partial charge in [-0.1, -0.05) is 6.07 Å². The number of nitrogens with zero attached hydrogens (tertiary/aromatic N) is 2. The number of hydrogen-bond donors (Lipinski definition) is 1. The molecule has 2 aromatic rings. The Labute approximate surface area is 193 Å². The molecule has 174 valence electrons. The Balaban J connectivity index is 1.87. The van der Waals surface area contributed by atoms with E-state index < -0.39 is 5.92 Å². The van der Waals surface area contributed by atoms with E-state index in [1.165, 1.54) is 0 Å². The number of ether oxygens (including phenoxy) is 4. The fourth-order valence-electron chi connectivity index (χ4n) is 4.49. The van der Waals surface area contributed by atoms with Crippen LogP contribution in [0.2, 0.25) is 0 Å². The summed E-state index contributed by atoms with van der Waals surface area (Å²) in [5.41, 5.74) is 7.95. The molecule has 4 rings (SSSR count). The smallest absolute Gasteiger partial charge is 0.258 e. The van der Waals surface area contributed by atoms with E-state index in [4.69, 9.17) is 24.7 Å². The largest absolute Gasteiger partial charge is 0.490 e. The minimum atomic E-state index is -0.683. The molecule has 0 amide bonds. The highest BCUT2D eigenvalue weighted by Crippen LogP contribution is 2.43. The molecule has 0 bridgehead atoms. The van der Waals surface area contributed by atoms with Crippen molar-refractivity contribution >= 4 is 0 Å². The number of fused-ring (bicyclic) bond motifs is 1. The second-order valence-electron chi connectivity index (χ2n) is 8.11. The number of rotatable bonds is 7. The van der Waals surface area contributed by atoms with Crippen molar-refractivity contribution in [1.29, 1.82) is 5.26 Å². The van der Waals surface area contributed by atoms with Crippen molar-refractivity contribution in [3.8, 4) is 23.3 Å². The van der Waals surface area contributed by atoms with Crippen LogP contribution in [0.3, 0.4) is 0 Å². The van der Waals surface area contributed by atoms with E-state index in [9.17, 15) is 10.1 Å². The standard InChI is InChI=1S/C25H29N3O5/c1-4-30-19-9-8-16(12-20(19)31-5-2)22-18(13-26)24(27)33-21-11-15(3)28(25(29)23(21)22)14-17-7-6-10-32-17/h8-9,11-12,17,22H,4-7,10,14,27H2,1-3H3/t17-,22+/m0/s1. The molecule has 2 atom stereocenters. The SMILES string of the molecule is CCOc1ccc([C@@H]2C(C#N)=C(N)Oc3cc(C)n(C[C@@H]4CCCO4)c(=O)c32)cc1OCC. The van der Waals surface area contributed by atoms with Gasteiger partial charge in [0.15, 0.2) is 11.5 Å². The fourth-order valence-corrected chi connectivity index (χ4v) is 4.49. The van der Waals surface area contributed by atoms with E-state index in [0.29, 0.717) is 54.7 Å². The molecule has 0 saturated carbocycles. The molecule has 0 aliphatic carbocycles. The maximum Gasteiger partial charge on any atom is 0.258 e. The molecule has 1 saturated heterocycles. The Morgan fingerprint density at radius 2 is 1.97 bits per heavy atom. The van der Waals surface area contributed by atoms with E-state index in [0.717, 1.165) is 18.5 Å². The molecule has 0 unspecified atom stereocenters. The third kappa shape index (κ3) is 4.29. The molecule has 1 fully saturated rings. The first kappa shape index (κ1) is 22.7. The Hall–Kier alpha value is -3.44. The van der Waals surface area contributed by atoms with Gasteiger partial charge in [0.2, 0.25) is 5.88 Å². The molecular weight excluding hydrogens is 422 g/mol. The van der Waals surface area contributed by atoms with Crippen molar-refractivity contribution < 1.29 is 18.9 Å². The van der Waals surface area contributed by atoms with Gasteiger partial charge in [0.25, 0.3) is 5.56 Å². The summed E-state index contributed by atoms with van der Waals surface area (Å²) < 4.78 is 24.7. The van der Waals surface area contributed by atoms with Gasteiger partial charge in [0.1, 0.15) is 17.4 Å². The number of hydrogen-bond acceptors (Lipinski definition) is 7. The Morgan fingerprint density at radius 1 is 1.21 bits per heavy atom. The van der Waals surface area contributed by atoms with E-state index in [-0.39, 0.29) is 23.1 Å². The topological polar surface area (TPSA) is 109 Å².